The van der Waals surface area contributed by atoms with E-state index in [2.05, 4.69) is 5.32 Å². The van der Waals surface area contributed by atoms with Crippen LogP contribution in [0.5, 0.6) is 0 Å². The normalized spacial score (nSPS) is 7.70. The summed E-state index contributed by atoms with van der Waals surface area (Å²) in [7, 11) is 0. The monoisotopic (exact) mass is 156 g/mol. The number of aliphatic carboxylic acids is 1. The minimum atomic E-state index is -1.07. The molecule has 0 bridgehead atoms. The van der Waals surface area contributed by atoms with Gasteiger partial charge in [-0.1, -0.05) is 0 Å². The second-order valence-electron chi connectivity index (χ2n) is 1.37. The van der Waals surface area contributed by atoms with E-state index in [0.717, 1.165) is 0 Å². The molecule has 0 aliphatic rings. The molecular weight excluding hydrogens is 147 g/mol. The van der Waals surface area contributed by atoms with Crippen LogP contribution in [0.1, 0.15) is 0 Å². The third kappa shape index (κ3) is 7.90. The fourth-order valence-corrected chi connectivity index (χ4v) is 0.246. The number of hydrogen-bond donors (Lipinski definition) is 3. The van der Waals surface area contributed by atoms with Crippen LogP contribution < -0.4 is 11.1 Å². The van der Waals surface area contributed by atoms with Crippen molar-refractivity contribution in [1.82, 2.24) is 5.32 Å². The summed E-state index contributed by atoms with van der Waals surface area (Å²) in [6.45, 7) is -0.538. The number of nitrogens with one attached hydrogen (secondary N) is 1. The van der Waals surface area contributed by atoms with Crippen molar-refractivity contribution in [1.29, 1.82) is 0 Å². The topological polar surface area (TPSA) is 92.4 Å². The van der Waals surface area contributed by atoms with Gasteiger partial charge < -0.3 is 16.2 Å². The Balaban J connectivity index is 0. The fraction of sp³-hybridized carbons (Fsp3) is 0.500. The molecule has 0 aromatic carbocycles. The average molecular weight is 156 g/mol. The van der Waals surface area contributed by atoms with Gasteiger partial charge in [0.05, 0.1) is 6.54 Å². The van der Waals surface area contributed by atoms with Crippen molar-refractivity contribution in [3.05, 3.63) is 0 Å². The maximum atomic E-state index is 10.2. The molecule has 0 aromatic rings. The van der Waals surface area contributed by atoms with Crippen molar-refractivity contribution in [3.63, 3.8) is 0 Å². The number of amides is 1. The van der Waals surface area contributed by atoms with Gasteiger partial charge >= 0.3 is 35.5 Å². The average Bonchev–Trinajstić information content (AvgIpc) is 1.83. The Labute approximate surface area is 80.3 Å². The molecule has 4 N–H and O–H groups in total. The van der Waals surface area contributed by atoms with Crippen molar-refractivity contribution in [3.8, 4) is 0 Å². The van der Waals surface area contributed by atoms with E-state index in [9.17, 15) is 9.59 Å². The Morgan fingerprint density at radius 3 is 2.30 bits per heavy atom. The van der Waals surface area contributed by atoms with Gasteiger partial charge in [0, 0.05) is 0 Å². The van der Waals surface area contributed by atoms with Gasteiger partial charge in [-0.05, 0) is 0 Å². The van der Waals surface area contributed by atoms with Crippen LogP contribution in [0.2, 0.25) is 0 Å². The number of hydrogen-bond acceptors (Lipinski definition) is 3. The first-order valence-electron chi connectivity index (χ1n) is 2.35. The molecule has 0 spiro atoms. The van der Waals surface area contributed by atoms with Gasteiger partial charge in [-0.25, -0.2) is 0 Å². The van der Waals surface area contributed by atoms with Gasteiger partial charge in [-0.3, -0.25) is 9.59 Å². The molecule has 0 unspecified atom stereocenters. The van der Waals surface area contributed by atoms with E-state index in [0.29, 0.717) is 0 Å². The Morgan fingerprint density at radius 2 is 2.00 bits per heavy atom. The third-order valence-corrected chi connectivity index (χ3v) is 0.622. The molecule has 0 aromatic heterocycles. The molecule has 0 aliphatic carbocycles. The van der Waals surface area contributed by atoms with Gasteiger partial charge in [0.1, 0.15) is 6.54 Å². The molecule has 54 valence electrons. The molecule has 0 aliphatic heterocycles. The number of nitrogens with two attached hydrogens (primary N) is 1. The molecule has 0 fully saturated rings. The summed E-state index contributed by atoms with van der Waals surface area (Å²) >= 11 is 0. The van der Waals surface area contributed by atoms with E-state index in [1.54, 1.807) is 0 Å². The number of rotatable bonds is 3. The van der Waals surface area contributed by atoms with Gasteiger partial charge in [0.2, 0.25) is 5.91 Å². The molecule has 0 atom stereocenters. The molecule has 0 radical (unpaired) electrons. The van der Waals surface area contributed by atoms with Crippen molar-refractivity contribution >= 4 is 41.4 Å². The van der Waals surface area contributed by atoms with Crippen molar-refractivity contribution in [2.45, 2.75) is 0 Å². The Kier molecular flexibility index (Phi) is 8.81. The van der Waals surface area contributed by atoms with E-state index in [1.807, 2.05) is 0 Å². The summed E-state index contributed by atoms with van der Waals surface area (Å²) < 4.78 is 0. The standard InChI is InChI=1S/C4H8N2O3.Na.H/c5-1-3(7)6-2-4(8)9;;/h1-2,5H2,(H,6,7)(H,8,9);;. The van der Waals surface area contributed by atoms with Gasteiger partial charge in [-0.15, -0.1) is 0 Å². The predicted octanol–water partition coefficient (Wildman–Crippen LogP) is -2.50. The summed E-state index contributed by atoms with van der Waals surface area (Å²) in [4.78, 5) is 20.0. The second kappa shape index (κ2) is 7.01. The Bertz CT molecular complexity index is 128. The van der Waals surface area contributed by atoms with E-state index < -0.39 is 11.9 Å². The fourth-order valence-electron chi connectivity index (χ4n) is 0.246. The summed E-state index contributed by atoms with van der Waals surface area (Å²) in [6, 6.07) is 0. The molecule has 0 saturated heterocycles. The van der Waals surface area contributed by atoms with Gasteiger partial charge in [0.15, 0.2) is 0 Å². The zero-order valence-corrected chi connectivity index (χ0v) is 4.76. The first kappa shape index (κ1) is 12.6. The minimum absolute atomic E-state index is 0. The summed E-state index contributed by atoms with van der Waals surface area (Å²) in [5, 5.41) is 10.1. The van der Waals surface area contributed by atoms with Crippen LogP contribution in [0.25, 0.3) is 0 Å². The molecule has 0 heterocycles. The first-order valence-corrected chi connectivity index (χ1v) is 2.35. The molecule has 6 heteroatoms. The molecule has 5 nitrogen and oxygen atoms in total. The predicted molar refractivity (Wildman–Crippen MR) is 36.8 cm³/mol. The molecule has 10 heavy (non-hydrogen) atoms. The third-order valence-electron chi connectivity index (χ3n) is 0.622. The second-order valence-corrected chi connectivity index (χ2v) is 1.37. The summed E-state index contributed by atoms with van der Waals surface area (Å²) in [5.41, 5.74) is 4.85. The zero-order valence-electron chi connectivity index (χ0n) is 4.76. The summed E-state index contributed by atoms with van der Waals surface area (Å²) in [6.07, 6.45) is 0. The van der Waals surface area contributed by atoms with Crippen LogP contribution in [0.4, 0.5) is 0 Å². The van der Waals surface area contributed by atoms with Crippen LogP contribution in [-0.2, 0) is 9.59 Å². The first-order chi connectivity index (χ1) is 4.16. The van der Waals surface area contributed by atoms with E-state index >= 15 is 0 Å². The molecule has 0 saturated carbocycles. The van der Waals surface area contributed by atoms with Crippen LogP contribution in [-0.4, -0.2) is 59.6 Å². The van der Waals surface area contributed by atoms with E-state index in [4.69, 9.17) is 10.8 Å². The van der Waals surface area contributed by atoms with Crippen molar-refractivity contribution in [2.75, 3.05) is 13.1 Å². The van der Waals surface area contributed by atoms with Gasteiger partial charge in [0.25, 0.3) is 0 Å². The maximum absolute atomic E-state index is 10.2. The number of carboxylic acids is 1. The quantitative estimate of drug-likeness (QED) is 0.394. The Morgan fingerprint density at radius 1 is 1.50 bits per heavy atom. The van der Waals surface area contributed by atoms with Crippen LogP contribution in [0, 0.1) is 0 Å². The Hall–Kier alpha value is -0.100. The number of carbonyl (C=O) groups is 2. The van der Waals surface area contributed by atoms with Crippen LogP contribution in [0.3, 0.4) is 0 Å². The van der Waals surface area contributed by atoms with Crippen molar-refractivity contribution in [2.24, 2.45) is 5.73 Å². The van der Waals surface area contributed by atoms with Gasteiger partial charge in [-0.2, -0.15) is 0 Å². The van der Waals surface area contributed by atoms with Crippen LogP contribution >= 0.6 is 0 Å². The van der Waals surface area contributed by atoms with Crippen molar-refractivity contribution < 1.29 is 14.7 Å². The SMILES string of the molecule is NCC(=O)NCC(=O)O.[NaH]. The number of carboxylic acid groups (broad SMARTS) is 1. The molecule has 1 amide bonds. The molecular formula is C4H9N2NaO3. The van der Waals surface area contributed by atoms with E-state index in [-0.39, 0.29) is 42.6 Å². The van der Waals surface area contributed by atoms with E-state index in [1.165, 1.54) is 0 Å². The molecule has 0 rings (SSSR count). The zero-order chi connectivity index (χ0) is 7.28. The number of carbonyl (C=O) groups excluding carboxylic acids is 1. The van der Waals surface area contributed by atoms with Crippen LogP contribution in [0.15, 0.2) is 0 Å². The summed E-state index contributed by atoms with van der Waals surface area (Å²) in [5.74, 6) is -1.53.